The maximum absolute atomic E-state index is 13.0. The molecule has 2 atom stereocenters. The fourth-order valence-corrected chi connectivity index (χ4v) is 5.44. The lowest BCUT2D eigenvalue weighted by Gasteiger charge is -2.43. The van der Waals surface area contributed by atoms with E-state index in [-0.39, 0.29) is 30.0 Å². The van der Waals surface area contributed by atoms with Crippen molar-refractivity contribution in [3.63, 3.8) is 0 Å². The molecule has 1 aromatic carbocycles. The molecule has 0 unspecified atom stereocenters. The molecular formula is C25H31N7O4. The van der Waals surface area contributed by atoms with Crippen LogP contribution in [0.5, 0.6) is 0 Å². The summed E-state index contributed by atoms with van der Waals surface area (Å²) >= 11 is 0. The standard InChI is InChI=1S/C25H31N7O4/c1-14-10-15(2)20-16(11-14)27-18(28-20)6-7-19(33)31-9-8-17(25(3,36)12-31)32-13-26-22-21(32)23(34)30(5)24(35)29(22)4/h10-11,13,17,36H,6-9,12H2,1-5H3,(H,27,28)/t17-,25-/m1/s1. The highest BCUT2D eigenvalue weighted by Crippen LogP contribution is 2.33. The predicted octanol–water partition coefficient (Wildman–Crippen LogP) is 1.08. The van der Waals surface area contributed by atoms with E-state index in [4.69, 9.17) is 0 Å². The summed E-state index contributed by atoms with van der Waals surface area (Å²) in [7, 11) is 2.98. The summed E-state index contributed by atoms with van der Waals surface area (Å²) in [6, 6.07) is 3.66. The number of hydrogen-bond donors (Lipinski definition) is 2. The van der Waals surface area contributed by atoms with E-state index < -0.39 is 22.9 Å². The summed E-state index contributed by atoms with van der Waals surface area (Å²) in [5, 5.41) is 11.4. The van der Waals surface area contributed by atoms with Crippen molar-refractivity contribution < 1.29 is 9.90 Å². The van der Waals surface area contributed by atoms with E-state index >= 15 is 0 Å². The number of nitrogens with zero attached hydrogens (tertiary/aromatic N) is 6. The van der Waals surface area contributed by atoms with Crippen molar-refractivity contribution >= 4 is 28.1 Å². The number of carbonyl (C=O) groups excluding carboxylic acids is 1. The van der Waals surface area contributed by atoms with Gasteiger partial charge in [0, 0.05) is 33.5 Å². The van der Waals surface area contributed by atoms with Crippen LogP contribution < -0.4 is 11.2 Å². The summed E-state index contributed by atoms with van der Waals surface area (Å²) in [6.07, 6.45) is 2.69. The van der Waals surface area contributed by atoms with Crippen LogP contribution in [-0.4, -0.2) is 63.3 Å². The van der Waals surface area contributed by atoms with E-state index in [2.05, 4.69) is 21.0 Å². The maximum Gasteiger partial charge on any atom is 0.332 e. The molecule has 2 N–H and O–H groups in total. The number of aliphatic hydroxyl groups is 1. The third-order valence-electron chi connectivity index (χ3n) is 7.31. The molecule has 1 fully saturated rings. The minimum absolute atomic E-state index is 0.0594. The number of aromatic nitrogens is 6. The monoisotopic (exact) mass is 493 g/mol. The molecular weight excluding hydrogens is 462 g/mol. The molecule has 4 heterocycles. The highest BCUT2D eigenvalue weighted by Gasteiger charge is 2.41. The van der Waals surface area contributed by atoms with E-state index in [0.717, 1.165) is 32.6 Å². The van der Waals surface area contributed by atoms with Crippen LogP contribution in [-0.2, 0) is 25.3 Å². The van der Waals surface area contributed by atoms with Crippen LogP contribution in [0.3, 0.4) is 0 Å². The van der Waals surface area contributed by atoms with Gasteiger partial charge in [0.05, 0.1) is 29.9 Å². The molecule has 1 amide bonds. The van der Waals surface area contributed by atoms with Gasteiger partial charge in [-0.3, -0.25) is 18.7 Å². The third kappa shape index (κ3) is 3.83. The molecule has 11 heteroatoms. The number of aryl methyl sites for hydroxylation is 4. The number of H-pyrrole nitrogens is 1. The Morgan fingerprint density at radius 1 is 1.22 bits per heavy atom. The van der Waals surface area contributed by atoms with Gasteiger partial charge in [-0.1, -0.05) is 6.07 Å². The van der Waals surface area contributed by atoms with Gasteiger partial charge in [-0.15, -0.1) is 0 Å². The number of aromatic amines is 1. The number of rotatable bonds is 4. The number of hydrogen-bond acceptors (Lipinski definition) is 6. The summed E-state index contributed by atoms with van der Waals surface area (Å²) in [5.74, 6) is 0.705. The van der Waals surface area contributed by atoms with E-state index in [1.165, 1.54) is 17.9 Å². The number of benzene rings is 1. The van der Waals surface area contributed by atoms with Gasteiger partial charge in [0.15, 0.2) is 11.2 Å². The number of piperidine rings is 1. The molecule has 0 aliphatic carbocycles. The zero-order valence-corrected chi connectivity index (χ0v) is 21.2. The SMILES string of the molecule is Cc1cc(C)c2nc(CCC(=O)N3CC[C@@H](n4cnc5c4c(=O)n(C)c(=O)n5C)[C@](C)(O)C3)[nH]c2c1. The number of carbonyl (C=O) groups is 1. The zero-order valence-electron chi connectivity index (χ0n) is 21.2. The summed E-state index contributed by atoms with van der Waals surface area (Å²) in [5.41, 5.74) is 2.46. The van der Waals surface area contributed by atoms with Crippen LogP contribution >= 0.6 is 0 Å². The van der Waals surface area contributed by atoms with Crippen LogP contribution in [0.15, 0.2) is 28.0 Å². The predicted molar refractivity (Wildman–Crippen MR) is 135 cm³/mol. The van der Waals surface area contributed by atoms with Crippen LogP contribution in [0.1, 0.15) is 42.8 Å². The zero-order chi connectivity index (χ0) is 25.9. The molecule has 0 saturated carbocycles. The molecule has 190 valence electrons. The van der Waals surface area contributed by atoms with Gasteiger partial charge in [0.25, 0.3) is 5.56 Å². The van der Waals surface area contributed by atoms with Gasteiger partial charge in [-0.05, 0) is 44.4 Å². The highest BCUT2D eigenvalue weighted by atomic mass is 16.3. The van der Waals surface area contributed by atoms with Crippen LogP contribution in [0.4, 0.5) is 0 Å². The molecule has 5 rings (SSSR count). The minimum Gasteiger partial charge on any atom is -0.386 e. The molecule has 0 spiro atoms. The lowest BCUT2D eigenvalue weighted by Crippen LogP contribution is -2.54. The number of amides is 1. The molecule has 0 bridgehead atoms. The quantitative estimate of drug-likeness (QED) is 0.438. The fraction of sp³-hybridized carbons (Fsp3) is 0.480. The highest BCUT2D eigenvalue weighted by molar-refractivity contribution is 5.80. The van der Waals surface area contributed by atoms with Gasteiger partial charge < -0.3 is 19.6 Å². The number of β-amino-alcohol motifs (C(OH)–C–C–N with tert-alkyl or cyclic N) is 1. The first kappa shape index (κ1) is 24.0. The lowest BCUT2D eigenvalue weighted by atomic mass is 9.88. The molecule has 1 aliphatic rings. The summed E-state index contributed by atoms with van der Waals surface area (Å²) in [6.45, 7) is 6.29. The first-order valence-corrected chi connectivity index (χ1v) is 12.1. The second-order valence-electron chi connectivity index (χ2n) is 10.2. The Morgan fingerprint density at radius 3 is 2.69 bits per heavy atom. The molecule has 11 nitrogen and oxygen atoms in total. The Bertz CT molecular complexity index is 1620. The minimum atomic E-state index is -1.30. The Morgan fingerprint density at radius 2 is 1.97 bits per heavy atom. The first-order valence-electron chi connectivity index (χ1n) is 12.1. The van der Waals surface area contributed by atoms with Gasteiger partial charge >= 0.3 is 5.69 Å². The lowest BCUT2D eigenvalue weighted by molar-refractivity contribution is -0.140. The molecule has 1 saturated heterocycles. The van der Waals surface area contributed by atoms with Crippen molar-refractivity contribution in [1.29, 1.82) is 0 Å². The molecule has 4 aromatic rings. The van der Waals surface area contributed by atoms with Crippen molar-refractivity contribution in [3.8, 4) is 0 Å². The van der Waals surface area contributed by atoms with E-state index in [1.54, 1.807) is 23.4 Å². The second-order valence-corrected chi connectivity index (χ2v) is 10.2. The number of fused-ring (bicyclic) bond motifs is 2. The van der Waals surface area contributed by atoms with Crippen molar-refractivity contribution in [3.05, 3.63) is 56.2 Å². The van der Waals surface area contributed by atoms with Crippen LogP contribution in [0, 0.1) is 13.8 Å². The van der Waals surface area contributed by atoms with Crippen molar-refractivity contribution in [2.75, 3.05) is 13.1 Å². The van der Waals surface area contributed by atoms with Crippen molar-refractivity contribution in [2.45, 2.75) is 51.7 Å². The van der Waals surface area contributed by atoms with Crippen LogP contribution in [0.2, 0.25) is 0 Å². The second kappa shape index (κ2) is 8.44. The Balaban J connectivity index is 1.33. The van der Waals surface area contributed by atoms with Crippen molar-refractivity contribution in [2.24, 2.45) is 14.1 Å². The van der Waals surface area contributed by atoms with E-state index in [1.807, 2.05) is 19.9 Å². The largest absolute Gasteiger partial charge is 0.386 e. The average molecular weight is 494 g/mol. The average Bonchev–Trinajstić information content (AvgIpc) is 3.43. The van der Waals surface area contributed by atoms with E-state index in [9.17, 15) is 19.5 Å². The fourth-order valence-electron chi connectivity index (χ4n) is 5.44. The third-order valence-corrected chi connectivity index (χ3v) is 7.31. The van der Waals surface area contributed by atoms with Gasteiger partial charge in [0.2, 0.25) is 5.91 Å². The summed E-state index contributed by atoms with van der Waals surface area (Å²) in [4.78, 5) is 52.1. The smallest absolute Gasteiger partial charge is 0.332 e. The Labute approximate surface area is 207 Å². The molecule has 0 radical (unpaired) electrons. The molecule has 36 heavy (non-hydrogen) atoms. The van der Waals surface area contributed by atoms with Gasteiger partial charge in [-0.25, -0.2) is 14.8 Å². The molecule has 1 aliphatic heterocycles. The first-order chi connectivity index (χ1) is 17.0. The normalized spacial score (nSPS) is 20.5. The summed E-state index contributed by atoms with van der Waals surface area (Å²) < 4.78 is 4.01. The number of imidazole rings is 2. The number of nitrogens with one attached hydrogen (secondary N) is 1. The van der Waals surface area contributed by atoms with E-state index in [0.29, 0.717) is 19.4 Å². The Hall–Kier alpha value is -3.73. The maximum atomic E-state index is 13.0. The van der Waals surface area contributed by atoms with Gasteiger partial charge in [0.1, 0.15) is 11.4 Å². The van der Waals surface area contributed by atoms with Gasteiger partial charge in [-0.2, -0.15) is 0 Å². The Kier molecular flexibility index (Phi) is 5.62. The van der Waals surface area contributed by atoms with Crippen LogP contribution in [0.25, 0.3) is 22.2 Å². The molecule has 3 aromatic heterocycles. The van der Waals surface area contributed by atoms with Crippen molar-refractivity contribution in [1.82, 2.24) is 33.6 Å². The topological polar surface area (TPSA) is 131 Å². The number of likely N-dealkylation sites (tertiary alicyclic amines) is 1.